The minimum Gasteiger partial charge on any atom is -0.323 e. The van der Waals surface area contributed by atoms with Gasteiger partial charge in [-0.25, -0.2) is 0 Å². The van der Waals surface area contributed by atoms with Gasteiger partial charge in [0.15, 0.2) is 0 Å². The van der Waals surface area contributed by atoms with Crippen LogP contribution in [0.5, 0.6) is 0 Å². The molecule has 5 heteroatoms. The summed E-state index contributed by atoms with van der Waals surface area (Å²) in [5.41, 5.74) is 1.57. The number of para-hydroxylation sites is 1. The quantitative estimate of drug-likeness (QED) is 0.884. The Balaban J connectivity index is 1.68. The zero-order valence-electron chi connectivity index (χ0n) is 11.0. The van der Waals surface area contributed by atoms with Gasteiger partial charge in [-0.1, -0.05) is 12.1 Å². The Kier molecular flexibility index (Phi) is 3.98. The highest BCUT2D eigenvalue weighted by atomic mass is 79.9. The summed E-state index contributed by atoms with van der Waals surface area (Å²) in [6.45, 7) is 1.29. The molecule has 104 valence electrons. The Morgan fingerprint density at radius 3 is 3.05 bits per heavy atom. The first-order valence-corrected chi connectivity index (χ1v) is 7.56. The van der Waals surface area contributed by atoms with Crippen LogP contribution in [0.4, 0.5) is 5.69 Å². The molecule has 20 heavy (non-hydrogen) atoms. The number of nitrogens with zero attached hydrogens (tertiary/aromatic N) is 1. The van der Waals surface area contributed by atoms with Gasteiger partial charge in [-0.3, -0.25) is 9.78 Å². The van der Waals surface area contributed by atoms with E-state index >= 15 is 0 Å². The maximum absolute atomic E-state index is 11.9. The first-order chi connectivity index (χ1) is 9.72. The van der Waals surface area contributed by atoms with Crippen LogP contribution in [0.2, 0.25) is 0 Å². The molecule has 1 aromatic heterocycles. The van der Waals surface area contributed by atoms with Crippen molar-refractivity contribution in [3.63, 3.8) is 0 Å². The smallest absolute Gasteiger partial charge is 0.238 e. The summed E-state index contributed by atoms with van der Waals surface area (Å²) in [6.07, 6.45) is 4.32. The number of rotatable bonds is 5. The van der Waals surface area contributed by atoms with Gasteiger partial charge in [0.1, 0.15) is 0 Å². The van der Waals surface area contributed by atoms with E-state index in [1.165, 1.54) is 12.8 Å². The fourth-order valence-electron chi connectivity index (χ4n) is 2.14. The lowest BCUT2D eigenvalue weighted by Gasteiger charge is -2.09. The Morgan fingerprint density at radius 2 is 2.25 bits per heavy atom. The third kappa shape index (κ3) is 3.35. The van der Waals surface area contributed by atoms with Gasteiger partial charge >= 0.3 is 0 Å². The van der Waals surface area contributed by atoms with Crippen molar-refractivity contribution in [3.05, 3.63) is 34.9 Å². The zero-order chi connectivity index (χ0) is 13.9. The number of aromatic nitrogens is 1. The van der Waals surface area contributed by atoms with Crippen LogP contribution in [-0.2, 0) is 4.79 Å². The first kappa shape index (κ1) is 13.5. The normalized spacial score (nSPS) is 14.4. The zero-order valence-corrected chi connectivity index (χ0v) is 12.6. The van der Waals surface area contributed by atoms with Gasteiger partial charge in [0.2, 0.25) is 5.91 Å². The molecule has 1 saturated carbocycles. The molecule has 0 bridgehead atoms. The highest BCUT2D eigenvalue weighted by Gasteiger charge is 2.20. The largest absolute Gasteiger partial charge is 0.323 e. The summed E-state index contributed by atoms with van der Waals surface area (Å²) in [5.74, 6) is 0.752. The van der Waals surface area contributed by atoms with Crippen molar-refractivity contribution in [2.45, 2.75) is 12.8 Å². The average molecular weight is 334 g/mol. The molecule has 1 fully saturated rings. The standard InChI is InChI=1S/C15H16BrN3O/c16-12-6-11-2-1-3-13(15(11)18-8-12)19-14(20)9-17-7-10-4-5-10/h1-3,6,8,10,17H,4-5,7,9H2,(H,19,20). The highest BCUT2D eigenvalue weighted by molar-refractivity contribution is 9.10. The van der Waals surface area contributed by atoms with E-state index in [0.29, 0.717) is 6.54 Å². The third-order valence-electron chi connectivity index (χ3n) is 3.37. The Bertz CT molecular complexity index is 640. The molecule has 0 radical (unpaired) electrons. The lowest BCUT2D eigenvalue weighted by atomic mass is 10.2. The first-order valence-electron chi connectivity index (χ1n) is 6.77. The molecule has 0 atom stereocenters. The van der Waals surface area contributed by atoms with Crippen molar-refractivity contribution in [1.82, 2.24) is 10.3 Å². The molecule has 0 saturated heterocycles. The van der Waals surface area contributed by atoms with Crippen LogP contribution in [0.15, 0.2) is 34.9 Å². The van der Waals surface area contributed by atoms with Crippen LogP contribution in [0.1, 0.15) is 12.8 Å². The summed E-state index contributed by atoms with van der Waals surface area (Å²) >= 11 is 3.40. The molecule has 0 spiro atoms. The number of anilines is 1. The molecule has 0 unspecified atom stereocenters. The molecule has 3 rings (SSSR count). The molecular weight excluding hydrogens is 318 g/mol. The second-order valence-electron chi connectivity index (χ2n) is 5.15. The predicted octanol–water partition coefficient (Wildman–Crippen LogP) is 2.94. The van der Waals surface area contributed by atoms with Gasteiger partial charge < -0.3 is 10.6 Å². The number of carbonyl (C=O) groups is 1. The molecule has 1 aromatic carbocycles. The molecule has 0 aliphatic heterocycles. The number of hydrogen-bond donors (Lipinski definition) is 2. The van der Waals surface area contributed by atoms with Crippen molar-refractivity contribution in [2.24, 2.45) is 5.92 Å². The second kappa shape index (κ2) is 5.89. The number of fused-ring (bicyclic) bond motifs is 1. The number of benzene rings is 1. The van der Waals surface area contributed by atoms with Crippen LogP contribution < -0.4 is 10.6 Å². The van der Waals surface area contributed by atoms with Crippen LogP contribution in [0, 0.1) is 5.92 Å². The monoisotopic (exact) mass is 333 g/mol. The number of hydrogen-bond acceptors (Lipinski definition) is 3. The lowest BCUT2D eigenvalue weighted by molar-refractivity contribution is -0.115. The Morgan fingerprint density at radius 1 is 1.40 bits per heavy atom. The number of halogens is 1. The van der Waals surface area contributed by atoms with E-state index in [4.69, 9.17) is 0 Å². The molecule has 2 N–H and O–H groups in total. The second-order valence-corrected chi connectivity index (χ2v) is 6.07. The van der Waals surface area contributed by atoms with Gasteiger partial charge in [0.25, 0.3) is 0 Å². The van der Waals surface area contributed by atoms with Crippen LogP contribution >= 0.6 is 15.9 Å². The minimum absolute atomic E-state index is 0.0251. The van der Waals surface area contributed by atoms with E-state index in [9.17, 15) is 4.79 Å². The maximum atomic E-state index is 11.9. The van der Waals surface area contributed by atoms with E-state index < -0.39 is 0 Å². The molecule has 1 aliphatic rings. The average Bonchev–Trinajstić information content (AvgIpc) is 3.23. The molecule has 1 heterocycles. The number of pyridine rings is 1. The van der Waals surface area contributed by atoms with E-state index in [0.717, 1.165) is 33.5 Å². The van der Waals surface area contributed by atoms with E-state index in [1.54, 1.807) is 6.20 Å². The maximum Gasteiger partial charge on any atom is 0.238 e. The van der Waals surface area contributed by atoms with E-state index in [-0.39, 0.29) is 5.91 Å². The summed E-state index contributed by atoms with van der Waals surface area (Å²) in [4.78, 5) is 16.3. The van der Waals surface area contributed by atoms with Gasteiger partial charge in [-0.2, -0.15) is 0 Å². The molecule has 1 aliphatic carbocycles. The van der Waals surface area contributed by atoms with Crippen LogP contribution in [-0.4, -0.2) is 24.0 Å². The number of amides is 1. The van der Waals surface area contributed by atoms with E-state index in [2.05, 4.69) is 31.5 Å². The third-order valence-corrected chi connectivity index (χ3v) is 3.80. The summed E-state index contributed by atoms with van der Waals surface area (Å²) in [7, 11) is 0. The Labute approximate surface area is 126 Å². The van der Waals surface area contributed by atoms with Crippen molar-refractivity contribution in [3.8, 4) is 0 Å². The van der Waals surface area contributed by atoms with E-state index in [1.807, 2.05) is 24.3 Å². The summed E-state index contributed by atoms with van der Waals surface area (Å²) in [6, 6.07) is 7.77. The summed E-state index contributed by atoms with van der Waals surface area (Å²) < 4.78 is 0.930. The molecule has 2 aromatic rings. The highest BCUT2D eigenvalue weighted by Crippen LogP contribution is 2.27. The molecule has 4 nitrogen and oxygen atoms in total. The SMILES string of the molecule is O=C(CNCC1CC1)Nc1cccc2cc(Br)cnc12. The predicted molar refractivity (Wildman–Crippen MR) is 83.7 cm³/mol. The van der Waals surface area contributed by atoms with Crippen molar-refractivity contribution in [2.75, 3.05) is 18.4 Å². The van der Waals surface area contributed by atoms with Crippen molar-refractivity contribution >= 4 is 38.4 Å². The minimum atomic E-state index is -0.0251. The fourth-order valence-corrected chi connectivity index (χ4v) is 2.49. The number of carbonyl (C=O) groups excluding carboxylic acids is 1. The lowest BCUT2D eigenvalue weighted by Crippen LogP contribution is -2.29. The topological polar surface area (TPSA) is 54.0 Å². The van der Waals surface area contributed by atoms with Crippen molar-refractivity contribution < 1.29 is 4.79 Å². The van der Waals surface area contributed by atoms with Gasteiger partial charge in [-0.05, 0) is 53.4 Å². The van der Waals surface area contributed by atoms with Crippen LogP contribution in [0.3, 0.4) is 0 Å². The summed E-state index contributed by atoms with van der Waals surface area (Å²) in [5, 5.41) is 7.11. The van der Waals surface area contributed by atoms with Gasteiger partial charge in [0.05, 0.1) is 17.7 Å². The molecular formula is C15H16BrN3O. The molecule has 1 amide bonds. The fraction of sp³-hybridized carbons (Fsp3) is 0.333. The Hall–Kier alpha value is -1.46. The van der Waals surface area contributed by atoms with Gasteiger partial charge in [0, 0.05) is 16.1 Å². The van der Waals surface area contributed by atoms with Crippen molar-refractivity contribution in [1.29, 1.82) is 0 Å². The van der Waals surface area contributed by atoms with Crippen LogP contribution in [0.25, 0.3) is 10.9 Å². The van der Waals surface area contributed by atoms with Gasteiger partial charge in [-0.15, -0.1) is 0 Å². The number of nitrogens with one attached hydrogen (secondary N) is 2.